The summed E-state index contributed by atoms with van der Waals surface area (Å²) in [6, 6.07) is 6.88. The average molecular weight is 357 g/mol. The normalized spacial score (nSPS) is 22.5. The predicted octanol–water partition coefficient (Wildman–Crippen LogP) is 1.40. The molecule has 1 aromatic carbocycles. The zero-order valence-corrected chi connectivity index (χ0v) is 14.1. The Balaban J connectivity index is 1.78. The van der Waals surface area contributed by atoms with Gasteiger partial charge in [0.15, 0.2) is 0 Å². The van der Waals surface area contributed by atoms with E-state index in [0.717, 1.165) is 0 Å². The molecule has 0 saturated carbocycles. The second kappa shape index (κ2) is 6.56. The Kier molecular flexibility index (Phi) is 4.67. The van der Waals surface area contributed by atoms with Gasteiger partial charge in [0.2, 0.25) is 10.0 Å². The number of hydrogen-bond donors (Lipinski definition) is 1. The van der Waals surface area contributed by atoms with Crippen LogP contribution < -0.4 is 0 Å². The first-order valence-electron chi connectivity index (χ1n) is 7.10. The highest BCUT2D eigenvalue weighted by atomic mass is 35.5. The number of sulfonamides is 1. The van der Waals surface area contributed by atoms with E-state index < -0.39 is 10.0 Å². The van der Waals surface area contributed by atoms with Gasteiger partial charge in [-0.05, 0) is 17.7 Å². The smallest absolute Gasteiger partial charge is 0.218 e. The average Bonchev–Trinajstić information content (AvgIpc) is 3.16. The summed E-state index contributed by atoms with van der Waals surface area (Å²) in [6.45, 7) is 0.630. The Morgan fingerprint density at radius 1 is 1.43 bits per heavy atom. The van der Waals surface area contributed by atoms with Crippen LogP contribution in [0.25, 0.3) is 0 Å². The van der Waals surface area contributed by atoms with Crippen molar-refractivity contribution in [3.05, 3.63) is 46.7 Å². The summed E-state index contributed by atoms with van der Waals surface area (Å²) < 4.78 is 32.2. The van der Waals surface area contributed by atoms with Gasteiger partial charge in [-0.25, -0.2) is 8.42 Å². The Bertz CT molecular complexity index is 766. The van der Waals surface area contributed by atoms with Gasteiger partial charge in [0.25, 0.3) is 0 Å². The zero-order chi connectivity index (χ0) is 16.4. The summed E-state index contributed by atoms with van der Waals surface area (Å²) in [5.41, 5.74) is 1.37. The third kappa shape index (κ3) is 3.55. The maximum absolute atomic E-state index is 12.7. The topological polar surface area (TPSA) is 88.2 Å². The minimum absolute atomic E-state index is 0.0878. The summed E-state index contributed by atoms with van der Waals surface area (Å²) in [4.78, 5) is 0. The van der Waals surface area contributed by atoms with Crippen molar-refractivity contribution in [2.45, 2.75) is 17.8 Å². The second-order valence-electron chi connectivity index (χ2n) is 5.48. The molecule has 0 bridgehead atoms. The molecule has 0 amide bonds. The van der Waals surface area contributed by atoms with Crippen LogP contribution in [0.1, 0.15) is 17.2 Å². The molecule has 7 nitrogen and oxygen atoms in total. The van der Waals surface area contributed by atoms with Gasteiger partial charge >= 0.3 is 0 Å². The molecule has 3 rings (SSSR count). The Morgan fingerprint density at radius 2 is 2.26 bits per heavy atom. The fraction of sp³-hybridized carbons (Fsp3) is 0.429. The lowest BCUT2D eigenvalue weighted by atomic mass is 10.0. The molecule has 0 unspecified atom stereocenters. The van der Waals surface area contributed by atoms with Crippen molar-refractivity contribution in [1.29, 1.82) is 0 Å². The fourth-order valence-corrected chi connectivity index (χ4v) is 4.57. The van der Waals surface area contributed by atoms with E-state index in [-0.39, 0.29) is 17.8 Å². The number of ether oxygens (including phenoxy) is 1. The quantitative estimate of drug-likeness (QED) is 0.874. The SMILES string of the molecule is CO[C@@H]1CN(S(=O)(=O)Cc2cccc(Cl)c2)C[C@H]1c1cn[nH]n1. The monoisotopic (exact) mass is 356 g/mol. The lowest BCUT2D eigenvalue weighted by Crippen LogP contribution is -2.31. The largest absolute Gasteiger partial charge is 0.379 e. The molecular formula is C14H17ClN4O3S. The minimum Gasteiger partial charge on any atom is -0.379 e. The zero-order valence-electron chi connectivity index (χ0n) is 12.5. The first-order chi connectivity index (χ1) is 11.0. The van der Waals surface area contributed by atoms with Crippen molar-refractivity contribution in [2.24, 2.45) is 0 Å². The number of hydrogen-bond acceptors (Lipinski definition) is 5. The van der Waals surface area contributed by atoms with Gasteiger partial charge in [0.05, 0.1) is 23.7 Å². The van der Waals surface area contributed by atoms with E-state index in [0.29, 0.717) is 29.4 Å². The summed E-state index contributed by atoms with van der Waals surface area (Å²) >= 11 is 5.92. The fourth-order valence-electron chi connectivity index (χ4n) is 2.81. The summed E-state index contributed by atoms with van der Waals surface area (Å²) in [7, 11) is -1.89. The van der Waals surface area contributed by atoms with Crippen molar-refractivity contribution in [3.8, 4) is 0 Å². The summed E-state index contributed by atoms with van der Waals surface area (Å²) in [5, 5.41) is 10.9. The van der Waals surface area contributed by atoms with Crippen LogP contribution >= 0.6 is 11.6 Å². The van der Waals surface area contributed by atoms with Crippen molar-refractivity contribution in [1.82, 2.24) is 19.7 Å². The lowest BCUT2D eigenvalue weighted by molar-refractivity contribution is 0.101. The Morgan fingerprint density at radius 3 is 2.91 bits per heavy atom. The molecule has 1 N–H and O–H groups in total. The highest BCUT2D eigenvalue weighted by Gasteiger charge is 2.40. The van der Waals surface area contributed by atoms with Gasteiger partial charge in [-0.15, -0.1) is 0 Å². The molecule has 0 radical (unpaired) electrons. The molecule has 9 heteroatoms. The molecule has 124 valence electrons. The van der Waals surface area contributed by atoms with Gasteiger partial charge in [0, 0.05) is 31.1 Å². The van der Waals surface area contributed by atoms with Crippen LogP contribution in [0.15, 0.2) is 30.5 Å². The number of benzene rings is 1. The third-order valence-electron chi connectivity index (χ3n) is 3.98. The van der Waals surface area contributed by atoms with Crippen molar-refractivity contribution < 1.29 is 13.2 Å². The van der Waals surface area contributed by atoms with Crippen LogP contribution in [0, 0.1) is 0 Å². The molecule has 1 fully saturated rings. The van der Waals surface area contributed by atoms with E-state index in [1.807, 2.05) is 0 Å². The molecule has 1 saturated heterocycles. The number of nitrogens with zero attached hydrogens (tertiary/aromatic N) is 3. The first-order valence-corrected chi connectivity index (χ1v) is 9.09. The van der Waals surface area contributed by atoms with E-state index in [2.05, 4.69) is 15.4 Å². The van der Waals surface area contributed by atoms with Crippen molar-refractivity contribution in [3.63, 3.8) is 0 Å². The summed E-state index contributed by atoms with van der Waals surface area (Å²) in [5.74, 6) is -0.219. The second-order valence-corrected chi connectivity index (χ2v) is 7.88. The van der Waals surface area contributed by atoms with Crippen molar-refractivity contribution in [2.75, 3.05) is 20.2 Å². The van der Waals surface area contributed by atoms with Crippen molar-refractivity contribution >= 4 is 21.6 Å². The van der Waals surface area contributed by atoms with Gasteiger partial charge in [-0.1, -0.05) is 23.7 Å². The highest BCUT2D eigenvalue weighted by Crippen LogP contribution is 2.30. The number of halogens is 1. The third-order valence-corrected chi connectivity index (χ3v) is 6.00. The minimum atomic E-state index is -3.46. The number of aromatic nitrogens is 3. The maximum Gasteiger partial charge on any atom is 0.218 e. The highest BCUT2D eigenvalue weighted by molar-refractivity contribution is 7.88. The maximum atomic E-state index is 12.7. The molecule has 2 heterocycles. The van der Waals surface area contributed by atoms with Gasteiger partial charge in [0.1, 0.15) is 0 Å². The number of methoxy groups -OCH3 is 1. The van der Waals surface area contributed by atoms with Gasteiger partial charge in [-0.2, -0.15) is 19.7 Å². The van der Waals surface area contributed by atoms with E-state index in [1.165, 1.54) is 4.31 Å². The summed E-state index contributed by atoms with van der Waals surface area (Å²) in [6.07, 6.45) is 1.36. The number of aromatic amines is 1. The van der Waals surface area contributed by atoms with Crippen LogP contribution in [-0.2, 0) is 20.5 Å². The molecule has 1 aromatic heterocycles. The first kappa shape index (κ1) is 16.4. The Labute approximate surface area is 139 Å². The molecule has 23 heavy (non-hydrogen) atoms. The Hall–Kier alpha value is -1.48. The van der Waals surface area contributed by atoms with E-state index >= 15 is 0 Å². The molecule has 1 aliphatic rings. The van der Waals surface area contributed by atoms with E-state index in [4.69, 9.17) is 16.3 Å². The van der Waals surface area contributed by atoms with Crippen LogP contribution in [0.2, 0.25) is 5.02 Å². The molecule has 2 atom stereocenters. The number of H-pyrrole nitrogens is 1. The molecule has 2 aromatic rings. The standard InChI is InChI=1S/C14H17ClN4O3S/c1-22-14-8-19(7-12(14)13-6-16-18-17-13)23(20,21)9-10-3-2-4-11(15)5-10/h2-6,12,14H,7-9H2,1H3,(H,16,17,18)/t12-,14+/m0/s1. The van der Waals surface area contributed by atoms with Gasteiger partial charge in [-0.3, -0.25) is 0 Å². The number of nitrogens with one attached hydrogen (secondary N) is 1. The molecule has 1 aliphatic heterocycles. The van der Waals surface area contributed by atoms with Crippen LogP contribution in [0.5, 0.6) is 0 Å². The van der Waals surface area contributed by atoms with Crippen LogP contribution in [-0.4, -0.2) is 54.4 Å². The van der Waals surface area contributed by atoms with Crippen LogP contribution in [0.3, 0.4) is 0 Å². The van der Waals surface area contributed by atoms with Crippen LogP contribution in [0.4, 0.5) is 0 Å². The number of rotatable bonds is 5. The predicted molar refractivity (Wildman–Crippen MR) is 85.6 cm³/mol. The molecular weight excluding hydrogens is 340 g/mol. The van der Waals surface area contributed by atoms with Gasteiger partial charge < -0.3 is 4.74 Å². The molecule has 0 aliphatic carbocycles. The molecule has 0 spiro atoms. The lowest BCUT2D eigenvalue weighted by Gasteiger charge is -2.16. The van der Waals surface area contributed by atoms with E-state index in [1.54, 1.807) is 37.6 Å². The van der Waals surface area contributed by atoms with E-state index in [9.17, 15) is 8.42 Å².